The van der Waals surface area contributed by atoms with E-state index in [2.05, 4.69) is 5.32 Å². The summed E-state index contributed by atoms with van der Waals surface area (Å²) in [5, 5.41) is 3.56. The lowest BCUT2D eigenvalue weighted by molar-refractivity contribution is -0.140. The predicted octanol–water partition coefficient (Wildman–Crippen LogP) is 5.01. The molecule has 0 saturated heterocycles. The lowest BCUT2D eigenvalue weighted by Crippen LogP contribution is -2.48. The van der Waals surface area contributed by atoms with Gasteiger partial charge in [-0.2, -0.15) is 0 Å². The maximum absolute atomic E-state index is 13.3. The minimum atomic E-state index is -3.65. The molecule has 2 aromatic rings. The molecule has 2 aromatic carbocycles. The molecular weight excluding hydrogens is 528 g/mol. The highest BCUT2D eigenvalue weighted by Crippen LogP contribution is 2.24. The van der Waals surface area contributed by atoms with Gasteiger partial charge in [0.05, 0.1) is 22.0 Å². The van der Waals surface area contributed by atoms with E-state index in [1.54, 1.807) is 25.1 Å². The first-order chi connectivity index (χ1) is 16.9. The summed E-state index contributed by atoms with van der Waals surface area (Å²) in [7, 11) is -3.65. The van der Waals surface area contributed by atoms with Gasteiger partial charge in [-0.15, -0.1) is 0 Å². The van der Waals surface area contributed by atoms with E-state index in [0.717, 1.165) is 23.4 Å². The zero-order valence-electron chi connectivity index (χ0n) is 20.6. The Morgan fingerprint density at radius 3 is 2.31 bits per heavy atom. The molecule has 0 radical (unpaired) electrons. The van der Waals surface area contributed by atoms with Crippen molar-refractivity contribution in [3.8, 4) is 0 Å². The van der Waals surface area contributed by atoms with Gasteiger partial charge in [-0.3, -0.25) is 13.9 Å². The van der Waals surface area contributed by atoms with Crippen LogP contribution in [0.25, 0.3) is 0 Å². The molecular formula is C25H32Cl2FN3O4S. The number of unbranched alkanes of at least 4 members (excludes halogenated alkanes) is 1. The zero-order valence-corrected chi connectivity index (χ0v) is 23.0. The van der Waals surface area contributed by atoms with Gasteiger partial charge in [0.2, 0.25) is 21.8 Å². The third-order valence-corrected chi connectivity index (χ3v) is 7.53. The molecule has 0 aliphatic heterocycles. The number of sulfonamides is 1. The van der Waals surface area contributed by atoms with Crippen LogP contribution in [0.15, 0.2) is 42.5 Å². The molecule has 0 saturated carbocycles. The molecule has 1 N–H and O–H groups in total. The molecule has 0 unspecified atom stereocenters. The van der Waals surface area contributed by atoms with Crippen molar-refractivity contribution in [3.63, 3.8) is 0 Å². The number of rotatable bonds is 13. The van der Waals surface area contributed by atoms with Crippen molar-refractivity contribution in [3.05, 3.63) is 63.9 Å². The summed E-state index contributed by atoms with van der Waals surface area (Å²) in [6.45, 7) is 4.33. The van der Waals surface area contributed by atoms with Crippen molar-refractivity contribution in [2.75, 3.05) is 23.7 Å². The van der Waals surface area contributed by atoms with Crippen LogP contribution in [-0.4, -0.2) is 50.5 Å². The normalized spacial score (nSPS) is 12.2. The summed E-state index contributed by atoms with van der Waals surface area (Å²) in [4.78, 5) is 27.4. The van der Waals surface area contributed by atoms with Crippen LogP contribution in [0.1, 0.15) is 45.1 Å². The average Bonchev–Trinajstić information content (AvgIpc) is 2.82. The molecule has 198 valence electrons. The quantitative estimate of drug-likeness (QED) is 0.349. The summed E-state index contributed by atoms with van der Waals surface area (Å²) in [5.74, 6) is -1.07. The van der Waals surface area contributed by atoms with E-state index in [1.807, 2.05) is 6.92 Å². The SMILES string of the molecule is CCCCNC(=O)[C@H](C)N(Cc1ccc(Cl)c(Cl)c1)C(=O)CCCN(c1ccc(F)cc1)S(C)(=O)=O. The highest BCUT2D eigenvalue weighted by Gasteiger charge is 2.26. The molecule has 0 fully saturated rings. The minimum absolute atomic E-state index is 0.00111. The topological polar surface area (TPSA) is 86.8 Å². The summed E-state index contributed by atoms with van der Waals surface area (Å²) in [6.07, 6.45) is 3.00. The van der Waals surface area contributed by atoms with E-state index in [4.69, 9.17) is 23.2 Å². The Kier molecular flexibility index (Phi) is 11.5. The number of benzene rings is 2. The maximum Gasteiger partial charge on any atom is 0.242 e. The Morgan fingerprint density at radius 1 is 1.06 bits per heavy atom. The van der Waals surface area contributed by atoms with Gasteiger partial charge in [-0.05, 0) is 61.7 Å². The monoisotopic (exact) mass is 559 g/mol. The van der Waals surface area contributed by atoms with Crippen molar-refractivity contribution < 1.29 is 22.4 Å². The third kappa shape index (κ3) is 8.94. The predicted molar refractivity (Wildman–Crippen MR) is 142 cm³/mol. The van der Waals surface area contributed by atoms with E-state index in [0.29, 0.717) is 27.8 Å². The fraction of sp³-hybridized carbons (Fsp3) is 0.440. The zero-order chi connectivity index (χ0) is 26.9. The van der Waals surface area contributed by atoms with Crippen LogP contribution in [0.5, 0.6) is 0 Å². The number of halogens is 3. The smallest absolute Gasteiger partial charge is 0.242 e. The van der Waals surface area contributed by atoms with Crippen molar-refractivity contribution >= 4 is 50.7 Å². The number of carbonyl (C=O) groups is 2. The molecule has 7 nitrogen and oxygen atoms in total. The maximum atomic E-state index is 13.3. The van der Waals surface area contributed by atoms with Crippen LogP contribution >= 0.6 is 23.2 Å². The lowest BCUT2D eigenvalue weighted by Gasteiger charge is -2.29. The van der Waals surface area contributed by atoms with Crippen LogP contribution in [-0.2, 0) is 26.2 Å². The van der Waals surface area contributed by atoms with Crippen molar-refractivity contribution in [1.29, 1.82) is 0 Å². The van der Waals surface area contributed by atoms with Gasteiger partial charge < -0.3 is 10.2 Å². The van der Waals surface area contributed by atoms with Gasteiger partial charge >= 0.3 is 0 Å². The van der Waals surface area contributed by atoms with Crippen molar-refractivity contribution in [2.45, 2.75) is 52.1 Å². The number of nitrogens with one attached hydrogen (secondary N) is 1. The largest absolute Gasteiger partial charge is 0.354 e. The molecule has 0 spiro atoms. The molecule has 1 atom stereocenters. The molecule has 2 rings (SSSR count). The molecule has 0 aliphatic rings. The van der Waals surface area contributed by atoms with Gasteiger partial charge in [0, 0.05) is 26.1 Å². The van der Waals surface area contributed by atoms with Gasteiger partial charge in [0.1, 0.15) is 11.9 Å². The van der Waals surface area contributed by atoms with Gasteiger partial charge in [-0.1, -0.05) is 42.6 Å². The standard InChI is InChI=1S/C25H32Cl2FN3O4S/c1-4-5-14-29-25(33)18(2)30(17-19-8-13-22(26)23(27)16-19)24(32)7-6-15-31(36(3,34)35)21-11-9-20(28)10-12-21/h8-13,16,18H,4-7,14-15,17H2,1-3H3,(H,29,33)/t18-/m0/s1. The number of anilines is 1. The van der Waals surface area contributed by atoms with Crippen LogP contribution < -0.4 is 9.62 Å². The number of hydrogen-bond acceptors (Lipinski definition) is 4. The van der Waals surface area contributed by atoms with E-state index in [-0.39, 0.29) is 37.7 Å². The van der Waals surface area contributed by atoms with Crippen LogP contribution in [0.4, 0.5) is 10.1 Å². The Hall–Kier alpha value is -2.36. The highest BCUT2D eigenvalue weighted by molar-refractivity contribution is 7.92. The second-order valence-corrected chi connectivity index (χ2v) is 11.2. The highest BCUT2D eigenvalue weighted by atomic mass is 35.5. The average molecular weight is 561 g/mol. The van der Waals surface area contributed by atoms with E-state index >= 15 is 0 Å². The Morgan fingerprint density at radius 2 is 1.72 bits per heavy atom. The molecule has 2 amide bonds. The van der Waals surface area contributed by atoms with Crippen molar-refractivity contribution in [2.24, 2.45) is 0 Å². The molecule has 0 aromatic heterocycles. The van der Waals surface area contributed by atoms with Gasteiger partial charge in [0.25, 0.3) is 0 Å². The third-order valence-electron chi connectivity index (χ3n) is 5.60. The molecule has 11 heteroatoms. The molecule has 0 aliphatic carbocycles. The minimum Gasteiger partial charge on any atom is -0.354 e. The van der Waals surface area contributed by atoms with E-state index < -0.39 is 21.9 Å². The Labute approximate surface area is 222 Å². The number of amides is 2. The first-order valence-electron chi connectivity index (χ1n) is 11.7. The van der Waals surface area contributed by atoms with E-state index in [1.165, 1.54) is 29.2 Å². The summed E-state index contributed by atoms with van der Waals surface area (Å²) >= 11 is 12.1. The number of nitrogens with zero attached hydrogens (tertiary/aromatic N) is 2. The number of carbonyl (C=O) groups excluding carboxylic acids is 2. The van der Waals surface area contributed by atoms with Gasteiger partial charge in [-0.25, -0.2) is 12.8 Å². The fourth-order valence-electron chi connectivity index (χ4n) is 3.56. The first-order valence-corrected chi connectivity index (χ1v) is 14.3. The lowest BCUT2D eigenvalue weighted by atomic mass is 10.1. The number of hydrogen-bond donors (Lipinski definition) is 1. The molecule has 36 heavy (non-hydrogen) atoms. The first kappa shape index (κ1) is 29.9. The summed E-state index contributed by atoms with van der Waals surface area (Å²) in [6, 6.07) is 9.34. The van der Waals surface area contributed by atoms with Gasteiger partial charge in [0.15, 0.2) is 0 Å². The van der Waals surface area contributed by atoms with E-state index in [9.17, 15) is 22.4 Å². The second-order valence-electron chi connectivity index (χ2n) is 8.51. The molecule has 0 bridgehead atoms. The van der Waals surface area contributed by atoms with Crippen LogP contribution in [0, 0.1) is 5.82 Å². The second kappa shape index (κ2) is 13.8. The molecule has 0 heterocycles. The summed E-state index contributed by atoms with van der Waals surface area (Å²) < 4.78 is 39.0. The Balaban J connectivity index is 2.16. The van der Waals surface area contributed by atoms with Crippen molar-refractivity contribution in [1.82, 2.24) is 10.2 Å². The fourth-order valence-corrected chi connectivity index (χ4v) is 4.85. The van der Waals surface area contributed by atoms with Crippen LogP contribution in [0.2, 0.25) is 10.0 Å². The Bertz CT molecular complexity index is 1150. The van der Waals surface area contributed by atoms with Crippen LogP contribution in [0.3, 0.4) is 0 Å². The summed E-state index contributed by atoms with van der Waals surface area (Å²) in [5.41, 5.74) is 1.01.